The highest BCUT2D eigenvalue weighted by atomic mass is 19.5. The van der Waals surface area contributed by atoms with E-state index in [1.54, 1.807) is 7.05 Å². The quantitative estimate of drug-likeness (QED) is 0.338. The van der Waals surface area contributed by atoms with E-state index in [1.165, 1.54) is 0 Å². The first-order chi connectivity index (χ1) is 5.83. The molecule has 1 aliphatic rings. The van der Waals surface area contributed by atoms with Gasteiger partial charge in [0.1, 0.15) is 0 Å². The number of esters is 1. The van der Waals surface area contributed by atoms with Crippen molar-refractivity contribution < 1.29 is 26.8 Å². The molecule has 13 heavy (non-hydrogen) atoms. The van der Waals surface area contributed by atoms with Gasteiger partial charge in [-0.3, -0.25) is 9.79 Å². The molecule has 0 bridgehead atoms. The van der Waals surface area contributed by atoms with Crippen molar-refractivity contribution in [3.63, 3.8) is 0 Å². The first-order valence-corrected chi connectivity index (χ1v) is 3.36. The largest absolute Gasteiger partial charge is 0.673 e. The van der Waals surface area contributed by atoms with Crippen molar-refractivity contribution in [3.8, 4) is 0 Å². The Morgan fingerprint density at radius 2 is 1.77 bits per heavy atom. The lowest BCUT2D eigenvalue weighted by molar-refractivity contribution is -0.133. The normalized spacial score (nSPS) is 19.5. The summed E-state index contributed by atoms with van der Waals surface area (Å²) in [6.45, 7) is 0. The Bertz CT molecular complexity index is 209. The zero-order valence-electron chi connectivity index (χ0n) is 6.77. The van der Waals surface area contributed by atoms with Crippen LogP contribution in [0.15, 0.2) is 4.99 Å². The molecule has 76 valence electrons. The van der Waals surface area contributed by atoms with Gasteiger partial charge in [0.2, 0.25) is 0 Å². The molecule has 0 aliphatic carbocycles. The summed E-state index contributed by atoms with van der Waals surface area (Å²) in [6, 6.07) is 0. The van der Waals surface area contributed by atoms with Crippen molar-refractivity contribution in [2.24, 2.45) is 4.99 Å². The Morgan fingerprint density at radius 3 is 1.92 bits per heavy atom. The van der Waals surface area contributed by atoms with Crippen LogP contribution in [0.25, 0.3) is 0 Å². The number of carbonyl (C=O) groups is 1. The third-order valence-electron chi connectivity index (χ3n) is 1.02. The van der Waals surface area contributed by atoms with Gasteiger partial charge in [0, 0.05) is 13.5 Å². The summed E-state index contributed by atoms with van der Waals surface area (Å²) in [4.78, 5) is 14.0. The molecule has 0 radical (unpaired) electrons. The molecule has 0 atom stereocenters. The lowest BCUT2D eigenvalue weighted by atomic mass is 10.3. The van der Waals surface area contributed by atoms with Crippen LogP contribution < -0.4 is 0 Å². The molecule has 0 unspecified atom stereocenters. The van der Waals surface area contributed by atoms with E-state index in [0.29, 0.717) is 18.7 Å². The molecular formula is C5H7BF4NO2-. The van der Waals surface area contributed by atoms with Crippen LogP contribution in [0.2, 0.25) is 0 Å². The summed E-state index contributed by atoms with van der Waals surface area (Å²) in [5.74, 6) is 0.403. The Morgan fingerprint density at radius 1 is 1.31 bits per heavy atom. The van der Waals surface area contributed by atoms with Crippen LogP contribution in [0.5, 0.6) is 0 Å². The van der Waals surface area contributed by atoms with Gasteiger partial charge < -0.3 is 22.0 Å². The maximum atomic E-state index is 10.3. The third-order valence-corrected chi connectivity index (χ3v) is 1.02. The molecule has 3 nitrogen and oxygen atoms in total. The van der Waals surface area contributed by atoms with Crippen LogP contribution >= 0.6 is 0 Å². The highest BCUT2D eigenvalue weighted by molar-refractivity contribution is 6.50. The van der Waals surface area contributed by atoms with Gasteiger partial charge in [-0.05, 0) is 0 Å². The third kappa shape index (κ3) is 8.83. The highest BCUT2D eigenvalue weighted by Gasteiger charge is 2.20. The van der Waals surface area contributed by atoms with E-state index in [4.69, 9.17) is 0 Å². The predicted molar refractivity (Wildman–Crippen MR) is 38.9 cm³/mol. The number of hydrogen-bond donors (Lipinski definition) is 0. The molecule has 0 amide bonds. The molecule has 0 N–H and O–H groups in total. The lowest BCUT2D eigenvalue weighted by Gasteiger charge is -1.94. The summed E-state index contributed by atoms with van der Waals surface area (Å²) in [7, 11) is -4.38. The van der Waals surface area contributed by atoms with Gasteiger partial charge in [-0.1, -0.05) is 0 Å². The number of aliphatic imine (C=N–C) groups is 1. The van der Waals surface area contributed by atoms with E-state index in [1.807, 2.05) is 0 Å². The van der Waals surface area contributed by atoms with Gasteiger partial charge >= 0.3 is 13.2 Å². The zero-order chi connectivity index (χ0) is 10.5. The molecule has 0 spiro atoms. The Balaban J connectivity index is 0.000000252. The predicted octanol–water partition coefficient (Wildman–Crippen LogP) is 1.65. The first kappa shape index (κ1) is 11.9. The fraction of sp³-hybridized carbons (Fsp3) is 0.600. The number of hydrogen-bond acceptors (Lipinski definition) is 3. The summed E-state index contributed by atoms with van der Waals surface area (Å²) < 4.78 is 43.6. The van der Waals surface area contributed by atoms with E-state index >= 15 is 0 Å². The highest BCUT2D eigenvalue weighted by Crippen LogP contribution is 2.07. The van der Waals surface area contributed by atoms with Gasteiger partial charge in [-0.2, -0.15) is 0 Å². The summed E-state index contributed by atoms with van der Waals surface area (Å²) >= 11 is 0. The van der Waals surface area contributed by atoms with Crippen LogP contribution in [0.3, 0.4) is 0 Å². The Kier molecular flexibility index (Phi) is 4.43. The molecule has 0 aromatic heterocycles. The van der Waals surface area contributed by atoms with Crippen molar-refractivity contribution in [2.45, 2.75) is 12.8 Å². The van der Waals surface area contributed by atoms with Crippen LogP contribution in [0.1, 0.15) is 12.8 Å². The minimum Gasteiger partial charge on any atom is -0.418 e. The summed E-state index contributed by atoms with van der Waals surface area (Å²) in [6.07, 6.45) is 1.17. The first-order valence-electron chi connectivity index (χ1n) is 3.36. The minimum atomic E-state index is -6.00. The van der Waals surface area contributed by atoms with Crippen LogP contribution in [0, 0.1) is 0 Å². The van der Waals surface area contributed by atoms with Crippen LogP contribution in [0.4, 0.5) is 17.3 Å². The molecule has 1 heterocycles. The van der Waals surface area contributed by atoms with Crippen LogP contribution in [-0.4, -0.2) is 26.2 Å². The second kappa shape index (κ2) is 4.83. The van der Waals surface area contributed by atoms with E-state index < -0.39 is 7.25 Å². The fourth-order valence-electron chi connectivity index (χ4n) is 0.600. The van der Waals surface area contributed by atoms with E-state index in [2.05, 4.69) is 9.73 Å². The van der Waals surface area contributed by atoms with E-state index in [0.717, 1.165) is 0 Å². The van der Waals surface area contributed by atoms with Gasteiger partial charge in [-0.15, -0.1) is 0 Å². The molecule has 1 fully saturated rings. The SMILES string of the molecule is CN=C1CCC(=O)O1.F[B-](F)(F)F. The monoisotopic (exact) mass is 200 g/mol. The molecule has 0 aromatic rings. The number of halogens is 4. The second-order valence-electron chi connectivity index (χ2n) is 2.09. The molecular weight excluding hydrogens is 193 g/mol. The fourth-order valence-corrected chi connectivity index (χ4v) is 0.600. The average Bonchev–Trinajstić information content (AvgIpc) is 2.31. The Labute approximate surface area is 71.9 Å². The maximum Gasteiger partial charge on any atom is 0.673 e. The van der Waals surface area contributed by atoms with Crippen molar-refractivity contribution in [1.29, 1.82) is 0 Å². The van der Waals surface area contributed by atoms with E-state index in [9.17, 15) is 22.1 Å². The zero-order valence-corrected chi connectivity index (χ0v) is 6.77. The van der Waals surface area contributed by atoms with Gasteiger partial charge in [0.25, 0.3) is 0 Å². The maximum absolute atomic E-state index is 10.3. The molecule has 1 saturated heterocycles. The molecule has 8 heteroatoms. The Hall–Kier alpha value is -1.08. The van der Waals surface area contributed by atoms with Crippen molar-refractivity contribution >= 4 is 19.1 Å². The molecule has 1 aliphatic heterocycles. The number of nitrogens with zero attached hydrogens (tertiary/aromatic N) is 1. The number of ether oxygens (including phenoxy) is 1. The number of carbonyl (C=O) groups excluding carboxylic acids is 1. The lowest BCUT2D eigenvalue weighted by Crippen LogP contribution is -2.02. The molecule has 0 aromatic carbocycles. The smallest absolute Gasteiger partial charge is 0.418 e. The van der Waals surface area contributed by atoms with Gasteiger partial charge in [0.05, 0.1) is 6.42 Å². The minimum absolute atomic E-state index is 0.161. The van der Waals surface area contributed by atoms with E-state index in [-0.39, 0.29) is 5.97 Å². The van der Waals surface area contributed by atoms with Crippen molar-refractivity contribution in [1.82, 2.24) is 0 Å². The van der Waals surface area contributed by atoms with Crippen LogP contribution in [-0.2, 0) is 9.53 Å². The molecule has 1 rings (SSSR count). The van der Waals surface area contributed by atoms with Crippen molar-refractivity contribution in [3.05, 3.63) is 0 Å². The number of cyclic esters (lactones) is 1. The van der Waals surface area contributed by atoms with Gasteiger partial charge in [-0.25, -0.2) is 0 Å². The summed E-state index contributed by atoms with van der Waals surface area (Å²) in [5, 5.41) is 0. The molecule has 0 saturated carbocycles. The average molecular weight is 200 g/mol. The van der Waals surface area contributed by atoms with Crippen molar-refractivity contribution in [2.75, 3.05) is 7.05 Å². The van der Waals surface area contributed by atoms with Gasteiger partial charge in [0.15, 0.2) is 5.90 Å². The standard InChI is InChI=1S/C5H7NO2.BF4/c1-6-4-2-3-5(7)8-4;2-1(3,4)5/h2-3H2,1H3;/q;-1. The topological polar surface area (TPSA) is 38.7 Å². The number of rotatable bonds is 0. The second-order valence-corrected chi connectivity index (χ2v) is 2.09. The summed E-state index contributed by atoms with van der Waals surface area (Å²) in [5.41, 5.74) is 0.